The van der Waals surface area contributed by atoms with E-state index in [2.05, 4.69) is 15.0 Å². The number of nitrogens with one attached hydrogen (secondary N) is 2. The molecule has 0 unspecified atom stereocenters. The van der Waals surface area contributed by atoms with E-state index in [1.807, 2.05) is 24.3 Å². The summed E-state index contributed by atoms with van der Waals surface area (Å²) >= 11 is 0.980. The van der Waals surface area contributed by atoms with Crippen molar-refractivity contribution in [2.45, 2.75) is 18.4 Å². The summed E-state index contributed by atoms with van der Waals surface area (Å²) in [6.07, 6.45) is 0. The zero-order chi connectivity index (χ0) is 21.7. The lowest BCUT2D eigenvalue weighted by Crippen LogP contribution is -2.22. The van der Waals surface area contributed by atoms with E-state index >= 15 is 0 Å². The second-order valence-corrected chi connectivity index (χ2v) is 8.93. The van der Waals surface area contributed by atoms with Crippen LogP contribution in [0.4, 0.5) is 5.13 Å². The number of nitrogens with zero attached hydrogens (tertiary/aromatic N) is 1. The Hall–Kier alpha value is -3.11. The first-order valence-corrected chi connectivity index (χ1v) is 11.2. The van der Waals surface area contributed by atoms with Gasteiger partial charge >= 0.3 is 0 Å². The minimum absolute atomic E-state index is 0.0710. The first-order valence-electron chi connectivity index (χ1n) is 8.88. The second kappa shape index (κ2) is 9.14. The van der Waals surface area contributed by atoms with Crippen molar-refractivity contribution >= 4 is 32.4 Å². The molecule has 2 N–H and O–H groups in total. The number of aromatic nitrogens is 1. The number of thiazole rings is 1. The first-order chi connectivity index (χ1) is 14.3. The number of sulfonamides is 1. The van der Waals surface area contributed by atoms with Gasteiger partial charge in [-0.05, 0) is 48.9 Å². The molecule has 0 bridgehead atoms. The van der Waals surface area contributed by atoms with Gasteiger partial charge in [0.1, 0.15) is 16.4 Å². The van der Waals surface area contributed by atoms with Crippen LogP contribution < -0.4 is 19.5 Å². The van der Waals surface area contributed by atoms with E-state index in [4.69, 9.17) is 9.47 Å². The number of methoxy groups -OCH3 is 2. The van der Waals surface area contributed by atoms with Crippen LogP contribution in [0.25, 0.3) is 0 Å². The van der Waals surface area contributed by atoms with E-state index in [1.54, 1.807) is 26.2 Å². The fourth-order valence-corrected chi connectivity index (χ4v) is 4.70. The molecule has 3 rings (SSSR count). The van der Waals surface area contributed by atoms with Crippen LogP contribution in [-0.2, 0) is 16.6 Å². The highest BCUT2D eigenvalue weighted by molar-refractivity contribution is 7.93. The van der Waals surface area contributed by atoms with E-state index in [1.165, 1.54) is 19.2 Å². The van der Waals surface area contributed by atoms with Crippen LogP contribution in [-0.4, -0.2) is 33.5 Å². The molecular formula is C20H21N3O5S2. The predicted octanol–water partition coefficient (Wildman–Crippen LogP) is 3.20. The third kappa shape index (κ3) is 5.08. The molecule has 0 saturated carbocycles. The number of benzene rings is 2. The molecule has 8 nitrogen and oxygen atoms in total. The van der Waals surface area contributed by atoms with E-state index in [9.17, 15) is 13.2 Å². The molecule has 0 radical (unpaired) electrons. The van der Waals surface area contributed by atoms with Crippen molar-refractivity contribution in [1.29, 1.82) is 0 Å². The number of amides is 1. The second-order valence-electron chi connectivity index (χ2n) is 6.25. The Labute approximate surface area is 178 Å². The molecule has 0 spiro atoms. The van der Waals surface area contributed by atoms with Crippen molar-refractivity contribution in [3.05, 3.63) is 64.7 Å². The highest BCUT2D eigenvalue weighted by Gasteiger charge is 2.20. The van der Waals surface area contributed by atoms with Gasteiger partial charge in [0.15, 0.2) is 5.13 Å². The van der Waals surface area contributed by atoms with Gasteiger partial charge in [0.05, 0.1) is 24.8 Å². The summed E-state index contributed by atoms with van der Waals surface area (Å²) in [7, 11) is -0.742. The molecule has 3 aromatic rings. The third-order valence-corrected chi connectivity index (χ3v) is 6.76. The molecule has 0 fully saturated rings. The van der Waals surface area contributed by atoms with Crippen LogP contribution >= 0.6 is 11.3 Å². The number of carbonyl (C=O) groups excluding carboxylic acids is 1. The van der Waals surface area contributed by atoms with Gasteiger partial charge < -0.3 is 14.8 Å². The van der Waals surface area contributed by atoms with Crippen LogP contribution in [0.1, 0.15) is 20.9 Å². The van der Waals surface area contributed by atoms with Crippen LogP contribution in [0.2, 0.25) is 0 Å². The quantitative estimate of drug-likeness (QED) is 0.549. The van der Waals surface area contributed by atoms with Gasteiger partial charge in [-0.2, -0.15) is 0 Å². The number of anilines is 1. The maximum absolute atomic E-state index is 12.6. The zero-order valence-electron chi connectivity index (χ0n) is 16.6. The van der Waals surface area contributed by atoms with E-state index in [-0.39, 0.29) is 15.9 Å². The minimum Gasteiger partial charge on any atom is -0.497 e. The first kappa shape index (κ1) is 21.6. The summed E-state index contributed by atoms with van der Waals surface area (Å²) in [6.45, 7) is 1.98. The standard InChI is InChI=1S/C20H21N3O5S2/c1-13-18(19(24)21-12-14-4-6-15(27-2)7-5-14)29-20(22-13)23-30(25,26)17-10-8-16(28-3)9-11-17/h4-11H,12H2,1-3H3,(H,21,24)(H,22,23). The molecule has 1 amide bonds. The lowest BCUT2D eigenvalue weighted by molar-refractivity contribution is 0.0954. The van der Waals surface area contributed by atoms with E-state index in [0.717, 1.165) is 22.6 Å². The van der Waals surface area contributed by atoms with Gasteiger partial charge in [-0.3, -0.25) is 9.52 Å². The molecule has 30 heavy (non-hydrogen) atoms. The van der Waals surface area contributed by atoms with Crippen molar-refractivity contribution in [1.82, 2.24) is 10.3 Å². The Kier molecular flexibility index (Phi) is 6.58. The van der Waals surface area contributed by atoms with Crippen LogP contribution in [0.15, 0.2) is 53.4 Å². The van der Waals surface area contributed by atoms with Crippen molar-refractivity contribution in [2.24, 2.45) is 0 Å². The number of hydrogen-bond donors (Lipinski definition) is 2. The molecule has 0 aliphatic heterocycles. The summed E-state index contributed by atoms with van der Waals surface area (Å²) in [5.41, 5.74) is 1.35. The largest absolute Gasteiger partial charge is 0.497 e. The topological polar surface area (TPSA) is 107 Å². The molecular weight excluding hydrogens is 426 g/mol. The van der Waals surface area contributed by atoms with Crippen molar-refractivity contribution in [3.8, 4) is 11.5 Å². The fourth-order valence-electron chi connectivity index (χ4n) is 2.59. The maximum Gasteiger partial charge on any atom is 0.263 e. The molecule has 0 atom stereocenters. The highest BCUT2D eigenvalue weighted by atomic mass is 32.2. The van der Waals surface area contributed by atoms with Gasteiger partial charge in [0.2, 0.25) is 0 Å². The summed E-state index contributed by atoms with van der Waals surface area (Å²) in [4.78, 5) is 17.1. The molecule has 158 valence electrons. The zero-order valence-corrected chi connectivity index (χ0v) is 18.3. The Morgan fingerprint density at radius 2 is 1.57 bits per heavy atom. The molecule has 1 aromatic heterocycles. The highest BCUT2D eigenvalue weighted by Crippen LogP contribution is 2.26. The number of carbonyl (C=O) groups is 1. The summed E-state index contributed by atoms with van der Waals surface area (Å²) in [5.74, 6) is 0.961. The monoisotopic (exact) mass is 447 g/mol. The average molecular weight is 448 g/mol. The number of ether oxygens (including phenoxy) is 2. The van der Waals surface area contributed by atoms with Gasteiger partial charge in [-0.15, -0.1) is 0 Å². The van der Waals surface area contributed by atoms with Crippen molar-refractivity contribution in [2.75, 3.05) is 18.9 Å². The molecule has 0 aliphatic carbocycles. The lowest BCUT2D eigenvalue weighted by atomic mass is 10.2. The predicted molar refractivity (Wildman–Crippen MR) is 115 cm³/mol. The van der Waals surface area contributed by atoms with Gasteiger partial charge in [0, 0.05) is 6.54 Å². The van der Waals surface area contributed by atoms with Crippen LogP contribution in [0.5, 0.6) is 11.5 Å². The van der Waals surface area contributed by atoms with Crippen molar-refractivity contribution in [3.63, 3.8) is 0 Å². The van der Waals surface area contributed by atoms with E-state index in [0.29, 0.717) is 22.9 Å². The SMILES string of the molecule is COc1ccc(CNC(=O)c2sc(NS(=O)(=O)c3ccc(OC)cc3)nc2C)cc1. The molecule has 1 heterocycles. The van der Waals surface area contributed by atoms with E-state index < -0.39 is 10.0 Å². The summed E-state index contributed by atoms with van der Waals surface area (Å²) < 4.78 is 37.7. The average Bonchev–Trinajstić information content (AvgIpc) is 3.11. The molecule has 0 saturated heterocycles. The lowest BCUT2D eigenvalue weighted by Gasteiger charge is -2.06. The smallest absolute Gasteiger partial charge is 0.263 e. The Morgan fingerprint density at radius 3 is 2.13 bits per heavy atom. The molecule has 10 heteroatoms. The van der Waals surface area contributed by atoms with Crippen LogP contribution in [0, 0.1) is 6.92 Å². The Morgan fingerprint density at radius 1 is 1.00 bits per heavy atom. The van der Waals surface area contributed by atoms with Crippen molar-refractivity contribution < 1.29 is 22.7 Å². The Balaban J connectivity index is 1.68. The van der Waals surface area contributed by atoms with Gasteiger partial charge in [0.25, 0.3) is 15.9 Å². The third-order valence-electron chi connectivity index (χ3n) is 4.21. The summed E-state index contributed by atoms with van der Waals surface area (Å²) in [5, 5.41) is 2.94. The maximum atomic E-state index is 12.6. The fraction of sp³-hybridized carbons (Fsp3) is 0.200. The summed E-state index contributed by atoms with van der Waals surface area (Å²) in [6, 6.07) is 13.3. The molecule has 0 aliphatic rings. The Bertz CT molecular complexity index is 1120. The number of rotatable bonds is 8. The normalized spacial score (nSPS) is 11.0. The van der Waals surface area contributed by atoms with Gasteiger partial charge in [-0.25, -0.2) is 13.4 Å². The molecule has 2 aromatic carbocycles. The number of aryl methyl sites for hydroxylation is 1. The van der Waals surface area contributed by atoms with Gasteiger partial charge in [-0.1, -0.05) is 23.5 Å². The van der Waals surface area contributed by atoms with Crippen LogP contribution in [0.3, 0.4) is 0 Å². The minimum atomic E-state index is -3.83. The number of hydrogen-bond acceptors (Lipinski definition) is 7.